The smallest absolute Gasteiger partial charge is 0.253 e. The lowest BCUT2D eigenvalue weighted by Crippen LogP contribution is -2.54. The SMILES string of the molecule is CC1(NC(=O)CN2CCN(C(=O)c3ccc(F)cc3)CC2)CCS(=O)(=O)C1. The predicted octanol–water partition coefficient (Wildman–Crippen LogP) is 0.277. The molecular formula is C18H24FN3O4S. The summed E-state index contributed by atoms with van der Waals surface area (Å²) in [6.07, 6.45) is 0.432. The normalized spacial score (nSPS) is 25.3. The minimum atomic E-state index is -3.07. The topological polar surface area (TPSA) is 86.8 Å². The van der Waals surface area contributed by atoms with Gasteiger partial charge in [-0.1, -0.05) is 0 Å². The number of nitrogens with zero attached hydrogens (tertiary/aromatic N) is 2. The zero-order chi connectivity index (χ0) is 19.7. The van der Waals surface area contributed by atoms with Crippen LogP contribution in [-0.4, -0.2) is 79.8 Å². The zero-order valence-electron chi connectivity index (χ0n) is 15.3. The van der Waals surface area contributed by atoms with Gasteiger partial charge < -0.3 is 10.2 Å². The number of benzene rings is 1. The maximum atomic E-state index is 13.0. The van der Waals surface area contributed by atoms with E-state index in [0.29, 0.717) is 38.2 Å². The third-order valence-electron chi connectivity index (χ3n) is 5.06. The van der Waals surface area contributed by atoms with Crippen molar-refractivity contribution >= 4 is 21.7 Å². The van der Waals surface area contributed by atoms with E-state index in [1.807, 2.05) is 4.90 Å². The molecule has 1 atom stereocenters. The van der Waals surface area contributed by atoms with E-state index in [1.165, 1.54) is 24.3 Å². The van der Waals surface area contributed by atoms with E-state index in [2.05, 4.69) is 5.32 Å². The molecule has 0 aromatic heterocycles. The molecular weight excluding hydrogens is 373 g/mol. The summed E-state index contributed by atoms with van der Waals surface area (Å²) in [5.41, 5.74) is -0.256. The summed E-state index contributed by atoms with van der Waals surface area (Å²) in [7, 11) is -3.07. The summed E-state index contributed by atoms with van der Waals surface area (Å²) in [5.74, 6) is -0.651. The number of hydrogen-bond donors (Lipinski definition) is 1. The van der Waals surface area contributed by atoms with Crippen LogP contribution >= 0.6 is 0 Å². The Bertz CT molecular complexity index is 820. The van der Waals surface area contributed by atoms with Crippen molar-refractivity contribution < 1.29 is 22.4 Å². The van der Waals surface area contributed by atoms with Crippen LogP contribution in [0.3, 0.4) is 0 Å². The summed E-state index contributed by atoms with van der Waals surface area (Å²) in [4.78, 5) is 28.3. The zero-order valence-corrected chi connectivity index (χ0v) is 16.1. The van der Waals surface area contributed by atoms with Crippen molar-refractivity contribution in [2.75, 3.05) is 44.2 Å². The number of hydrogen-bond acceptors (Lipinski definition) is 5. The summed E-state index contributed by atoms with van der Waals surface area (Å²) >= 11 is 0. The van der Waals surface area contributed by atoms with Gasteiger partial charge in [0.2, 0.25) is 5.91 Å². The summed E-state index contributed by atoms with van der Waals surface area (Å²) in [6, 6.07) is 5.46. The third kappa shape index (κ3) is 5.04. The van der Waals surface area contributed by atoms with Crippen LogP contribution in [0.5, 0.6) is 0 Å². The van der Waals surface area contributed by atoms with E-state index in [-0.39, 0.29) is 35.7 Å². The average molecular weight is 397 g/mol. The van der Waals surface area contributed by atoms with Crippen LogP contribution in [0.25, 0.3) is 0 Å². The number of carbonyl (C=O) groups excluding carboxylic acids is 2. The fraction of sp³-hybridized carbons (Fsp3) is 0.556. The van der Waals surface area contributed by atoms with Gasteiger partial charge in [-0.3, -0.25) is 14.5 Å². The van der Waals surface area contributed by atoms with Gasteiger partial charge in [0.25, 0.3) is 5.91 Å². The molecule has 3 rings (SSSR count). The number of rotatable bonds is 4. The van der Waals surface area contributed by atoms with Crippen molar-refractivity contribution in [3.05, 3.63) is 35.6 Å². The lowest BCUT2D eigenvalue weighted by atomic mass is 10.0. The quantitative estimate of drug-likeness (QED) is 0.789. The first kappa shape index (κ1) is 19.8. The summed E-state index contributed by atoms with van der Waals surface area (Å²) < 4.78 is 36.2. The molecule has 1 aromatic carbocycles. The van der Waals surface area contributed by atoms with Crippen LogP contribution in [0.2, 0.25) is 0 Å². The highest BCUT2D eigenvalue weighted by molar-refractivity contribution is 7.91. The van der Waals surface area contributed by atoms with Gasteiger partial charge in [-0.05, 0) is 37.6 Å². The van der Waals surface area contributed by atoms with E-state index in [4.69, 9.17) is 0 Å². The van der Waals surface area contributed by atoms with Gasteiger partial charge in [0.15, 0.2) is 9.84 Å². The molecule has 0 radical (unpaired) electrons. The maximum Gasteiger partial charge on any atom is 0.253 e. The summed E-state index contributed by atoms with van der Waals surface area (Å²) in [5, 5.41) is 2.85. The van der Waals surface area contributed by atoms with Crippen molar-refractivity contribution in [2.45, 2.75) is 18.9 Å². The van der Waals surface area contributed by atoms with E-state index < -0.39 is 15.4 Å². The molecule has 7 nitrogen and oxygen atoms in total. The number of carbonyl (C=O) groups is 2. The molecule has 9 heteroatoms. The van der Waals surface area contributed by atoms with E-state index in [0.717, 1.165) is 0 Å². The van der Waals surface area contributed by atoms with Crippen LogP contribution in [0.4, 0.5) is 4.39 Å². The second-order valence-corrected chi connectivity index (χ2v) is 9.71. The Balaban J connectivity index is 1.47. The first-order valence-corrected chi connectivity index (χ1v) is 10.8. The van der Waals surface area contributed by atoms with Gasteiger partial charge in [-0.25, -0.2) is 12.8 Å². The number of nitrogens with one attached hydrogen (secondary N) is 1. The largest absolute Gasteiger partial charge is 0.349 e. The first-order valence-electron chi connectivity index (χ1n) is 8.94. The minimum Gasteiger partial charge on any atom is -0.349 e. The van der Waals surface area contributed by atoms with Crippen LogP contribution < -0.4 is 5.32 Å². The van der Waals surface area contributed by atoms with Crippen molar-refractivity contribution in [3.63, 3.8) is 0 Å². The number of amides is 2. The number of sulfone groups is 1. The van der Waals surface area contributed by atoms with Gasteiger partial charge in [0.1, 0.15) is 5.82 Å². The van der Waals surface area contributed by atoms with Crippen LogP contribution in [0.1, 0.15) is 23.7 Å². The van der Waals surface area contributed by atoms with Crippen LogP contribution in [0, 0.1) is 5.82 Å². The van der Waals surface area contributed by atoms with Gasteiger partial charge >= 0.3 is 0 Å². The van der Waals surface area contributed by atoms with Gasteiger partial charge in [0.05, 0.1) is 23.6 Å². The van der Waals surface area contributed by atoms with Gasteiger partial charge in [-0.15, -0.1) is 0 Å². The Morgan fingerprint density at radius 2 is 1.78 bits per heavy atom. The lowest BCUT2D eigenvalue weighted by molar-refractivity contribution is -0.124. The highest BCUT2D eigenvalue weighted by atomic mass is 32.2. The molecule has 1 aromatic rings. The molecule has 0 aliphatic carbocycles. The Morgan fingerprint density at radius 1 is 1.15 bits per heavy atom. The predicted molar refractivity (Wildman–Crippen MR) is 98.6 cm³/mol. The molecule has 27 heavy (non-hydrogen) atoms. The molecule has 2 aliphatic heterocycles. The maximum absolute atomic E-state index is 13.0. The fourth-order valence-corrected chi connectivity index (χ4v) is 5.67. The van der Waals surface area contributed by atoms with Crippen molar-refractivity contribution in [1.82, 2.24) is 15.1 Å². The Labute approximate surface area is 158 Å². The molecule has 2 saturated heterocycles. The molecule has 2 heterocycles. The highest BCUT2D eigenvalue weighted by Crippen LogP contribution is 2.22. The molecule has 1 N–H and O–H groups in total. The minimum absolute atomic E-state index is 0.0221. The monoisotopic (exact) mass is 397 g/mol. The van der Waals surface area contributed by atoms with Crippen LogP contribution in [0.15, 0.2) is 24.3 Å². The Morgan fingerprint density at radius 3 is 2.33 bits per heavy atom. The van der Waals surface area contributed by atoms with Gasteiger partial charge in [-0.2, -0.15) is 0 Å². The third-order valence-corrected chi connectivity index (χ3v) is 6.97. The Kier molecular flexibility index (Phi) is 5.53. The van der Waals surface area contributed by atoms with Gasteiger partial charge in [0, 0.05) is 31.7 Å². The van der Waals surface area contributed by atoms with Crippen molar-refractivity contribution in [1.29, 1.82) is 0 Å². The molecule has 148 valence electrons. The van der Waals surface area contributed by atoms with Crippen LogP contribution in [-0.2, 0) is 14.6 Å². The van der Waals surface area contributed by atoms with E-state index in [9.17, 15) is 22.4 Å². The second kappa shape index (κ2) is 7.55. The molecule has 1 unspecified atom stereocenters. The lowest BCUT2D eigenvalue weighted by Gasteiger charge is -2.35. The van der Waals surface area contributed by atoms with Crippen molar-refractivity contribution in [2.24, 2.45) is 0 Å². The number of piperazine rings is 1. The number of halogens is 1. The highest BCUT2D eigenvalue weighted by Gasteiger charge is 2.39. The second-order valence-electron chi connectivity index (χ2n) is 7.53. The fourth-order valence-electron chi connectivity index (χ4n) is 3.57. The van der Waals surface area contributed by atoms with Crippen molar-refractivity contribution in [3.8, 4) is 0 Å². The molecule has 2 amide bonds. The first-order chi connectivity index (χ1) is 12.7. The molecule has 0 spiro atoms. The summed E-state index contributed by atoms with van der Waals surface area (Å²) in [6.45, 7) is 4.00. The average Bonchev–Trinajstić information content (AvgIpc) is 2.88. The van der Waals surface area contributed by atoms with E-state index in [1.54, 1.807) is 11.8 Å². The standard InChI is InChI=1S/C18H24FN3O4S/c1-18(6-11-27(25,26)13-18)20-16(23)12-21-7-9-22(10-8-21)17(24)14-2-4-15(19)5-3-14/h2-5H,6-13H2,1H3,(H,20,23). The Hall–Kier alpha value is -2.00. The molecule has 2 fully saturated rings. The van der Waals surface area contributed by atoms with E-state index >= 15 is 0 Å². The molecule has 0 bridgehead atoms. The molecule has 2 aliphatic rings. The molecule has 0 saturated carbocycles.